The van der Waals surface area contributed by atoms with Crippen molar-refractivity contribution in [2.24, 2.45) is 4.99 Å². The first-order valence-electron chi connectivity index (χ1n) is 8.65. The zero-order valence-electron chi connectivity index (χ0n) is 15.3. The van der Waals surface area contributed by atoms with Gasteiger partial charge < -0.3 is 15.5 Å². The SMILES string of the molecule is CCNC(=NCCC(=O)N(CC)CC)NCCc1ccc(F)cc1.I. The maximum absolute atomic E-state index is 12.9. The molecule has 1 aromatic carbocycles. The third kappa shape index (κ3) is 9.62. The summed E-state index contributed by atoms with van der Waals surface area (Å²) in [5.41, 5.74) is 1.07. The van der Waals surface area contributed by atoms with E-state index in [2.05, 4.69) is 15.6 Å². The Morgan fingerprint density at radius 3 is 2.32 bits per heavy atom. The van der Waals surface area contributed by atoms with E-state index >= 15 is 0 Å². The van der Waals surface area contributed by atoms with Crippen LogP contribution in [0.15, 0.2) is 29.3 Å². The van der Waals surface area contributed by atoms with E-state index in [1.807, 2.05) is 25.7 Å². The van der Waals surface area contributed by atoms with E-state index in [0.29, 0.717) is 25.5 Å². The summed E-state index contributed by atoms with van der Waals surface area (Å²) in [5, 5.41) is 6.40. The number of rotatable bonds is 9. The lowest BCUT2D eigenvalue weighted by molar-refractivity contribution is -0.130. The molecular formula is C18H30FIN4O. The third-order valence-corrected chi connectivity index (χ3v) is 3.68. The van der Waals surface area contributed by atoms with Crippen molar-refractivity contribution in [1.29, 1.82) is 0 Å². The molecule has 1 aromatic rings. The lowest BCUT2D eigenvalue weighted by Gasteiger charge is -2.18. The van der Waals surface area contributed by atoms with Crippen LogP contribution in [0.5, 0.6) is 0 Å². The number of guanidine groups is 1. The van der Waals surface area contributed by atoms with Crippen molar-refractivity contribution in [1.82, 2.24) is 15.5 Å². The van der Waals surface area contributed by atoms with Crippen LogP contribution in [0, 0.1) is 5.82 Å². The lowest BCUT2D eigenvalue weighted by atomic mass is 10.1. The predicted molar refractivity (Wildman–Crippen MR) is 112 cm³/mol. The molecule has 2 N–H and O–H groups in total. The second-order valence-corrected chi connectivity index (χ2v) is 5.38. The number of nitrogens with zero attached hydrogens (tertiary/aromatic N) is 2. The first-order valence-corrected chi connectivity index (χ1v) is 8.65. The number of carbonyl (C=O) groups is 1. The Morgan fingerprint density at radius 1 is 1.12 bits per heavy atom. The molecule has 7 heteroatoms. The van der Waals surface area contributed by atoms with Crippen LogP contribution in [0.4, 0.5) is 4.39 Å². The molecule has 0 saturated carbocycles. The van der Waals surface area contributed by atoms with Crippen molar-refractivity contribution < 1.29 is 9.18 Å². The van der Waals surface area contributed by atoms with Gasteiger partial charge in [-0.2, -0.15) is 0 Å². The van der Waals surface area contributed by atoms with Gasteiger partial charge in [0.05, 0.1) is 6.54 Å². The van der Waals surface area contributed by atoms with E-state index in [1.54, 1.807) is 12.1 Å². The molecule has 0 unspecified atom stereocenters. The summed E-state index contributed by atoms with van der Waals surface area (Å²) in [6.45, 7) is 9.33. The van der Waals surface area contributed by atoms with Crippen molar-refractivity contribution in [2.45, 2.75) is 33.6 Å². The molecule has 1 amide bonds. The summed E-state index contributed by atoms with van der Waals surface area (Å²) < 4.78 is 12.9. The van der Waals surface area contributed by atoms with Crippen LogP contribution in [0.3, 0.4) is 0 Å². The molecule has 0 heterocycles. The summed E-state index contributed by atoms with van der Waals surface area (Å²) in [7, 11) is 0. The van der Waals surface area contributed by atoms with Crippen molar-refractivity contribution >= 4 is 35.8 Å². The zero-order valence-corrected chi connectivity index (χ0v) is 17.7. The highest BCUT2D eigenvalue weighted by molar-refractivity contribution is 14.0. The molecule has 0 aromatic heterocycles. The van der Waals surface area contributed by atoms with Gasteiger partial charge >= 0.3 is 0 Å². The van der Waals surface area contributed by atoms with E-state index in [9.17, 15) is 9.18 Å². The molecule has 0 saturated heterocycles. The third-order valence-electron chi connectivity index (χ3n) is 3.68. The predicted octanol–water partition coefficient (Wildman–Crippen LogP) is 2.80. The van der Waals surface area contributed by atoms with Gasteiger partial charge in [-0.3, -0.25) is 9.79 Å². The highest BCUT2D eigenvalue weighted by atomic mass is 127. The zero-order chi connectivity index (χ0) is 17.8. The maximum Gasteiger partial charge on any atom is 0.224 e. The number of hydrogen-bond donors (Lipinski definition) is 2. The van der Waals surface area contributed by atoms with E-state index in [0.717, 1.165) is 31.6 Å². The minimum Gasteiger partial charge on any atom is -0.357 e. The molecule has 25 heavy (non-hydrogen) atoms. The molecule has 0 fully saturated rings. The lowest BCUT2D eigenvalue weighted by Crippen LogP contribution is -2.38. The fraction of sp³-hybridized carbons (Fsp3) is 0.556. The summed E-state index contributed by atoms with van der Waals surface area (Å²) in [5.74, 6) is 0.609. The second-order valence-electron chi connectivity index (χ2n) is 5.38. The number of hydrogen-bond acceptors (Lipinski definition) is 2. The van der Waals surface area contributed by atoms with Gasteiger partial charge in [0.1, 0.15) is 5.82 Å². The average Bonchev–Trinajstić information content (AvgIpc) is 2.58. The quantitative estimate of drug-likeness (QED) is 0.336. The molecule has 0 bridgehead atoms. The first kappa shape index (κ1) is 23.6. The average molecular weight is 464 g/mol. The van der Waals surface area contributed by atoms with Crippen LogP contribution in [0.1, 0.15) is 32.8 Å². The molecule has 0 aliphatic carbocycles. The van der Waals surface area contributed by atoms with Gasteiger partial charge in [-0.15, -0.1) is 24.0 Å². The molecule has 0 aliphatic heterocycles. The van der Waals surface area contributed by atoms with Crippen molar-refractivity contribution in [3.8, 4) is 0 Å². The number of carbonyl (C=O) groups excluding carboxylic acids is 1. The van der Waals surface area contributed by atoms with Gasteiger partial charge in [-0.05, 0) is 44.9 Å². The topological polar surface area (TPSA) is 56.7 Å². The second kappa shape index (κ2) is 13.9. The number of aliphatic imine (C=N–C) groups is 1. The van der Waals surface area contributed by atoms with Gasteiger partial charge in [-0.25, -0.2) is 4.39 Å². The molecule has 0 atom stereocenters. The monoisotopic (exact) mass is 464 g/mol. The first-order chi connectivity index (χ1) is 11.6. The summed E-state index contributed by atoms with van der Waals surface area (Å²) in [6, 6.07) is 6.49. The van der Waals surface area contributed by atoms with E-state index in [-0.39, 0.29) is 35.7 Å². The summed E-state index contributed by atoms with van der Waals surface area (Å²) in [4.78, 5) is 18.2. The van der Waals surface area contributed by atoms with Gasteiger partial charge in [-0.1, -0.05) is 12.1 Å². The number of nitrogens with one attached hydrogen (secondary N) is 2. The Labute approximate surface area is 167 Å². The molecule has 0 radical (unpaired) electrons. The van der Waals surface area contributed by atoms with Crippen molar-refractivity contribution in [2.75, 3.05) is 32.7 Å². The molecule has 0 spiro atoms. The Hall–Kier alpha value is -1.38. The smallest absolute Gasteiger partial charge is 0.224 e. The minimum absolute atomic E-state index is 0. The van der Waals surface area contributed by atoms with Crippen LogP contribution in [0.2, 0.25) is 0 Å². The van der Waals surface area contributed by atoms with Crippen LogP contribution >= 0.6 is 24.0 Å². The molecular weight excluding hydrogens is 434 g/mol. The normalized spacial score (nSPS) is 10.8. The van der Waals surface area contributed by atoms with Crippen LogP contribution in [-0.2, 0) is 11.2 Å². The Morgan fingerprint density at radius 2 is 1.76 bits per heavy atom. The molecule has 142 valence electrons. The number of amides is 1. The number of halogens is 2. The molecule has 1 rings (SSSR count). The van der Waals surface area contributed by atoms with Gasteiger partial charge in [0.15, 0.2) is 5.96 Å². The van der Waals surface area contributed by atoms with Crippen LogP contribution < -0.4 is 10.6 Å². The maximum atomic E-state index is 12.9. The van der Waals surface area contributed by atoms with Crippen LogP contribution in [-0.4, -0.2) is 49.5 Å². The Balaban J connectivity index is 0.00000576. The Bertz CT molecular complexity index is 518. The molecule has 5 nitrogen and oxygen atoms in total. The van der Waals surface area contributed by atoms with E-state index < -0.39 is 0 Å². The fourth-order valence-electron chi connectivity index (χ4n) is 2.32. The highest BCUT2D eigenvalue weighted by Crippen LogP contribution is 2.02. The largest absolute Gasteiger partial charge is 0.357 e. The summed E-state index contributed by atoms with van der Waals surface area (Å²) >= 11 is 0. The summed E-state index contributed by atoms with van der Waals surface area (Å²) in [6.07, 6.45) is 1.19. The van der Waals surface area contributed by atoms with Crippen molar-refractivity contribution in [3.05, 3.63) is 35.6 Å². The van der Waals surface area contributed by atoms with E-state index in [1.165, 1.54) is 12.1 Å². The highest BCUT2D eigenvalue weighted by Gasteiger charge is 2.08. The fourth-order valence-corrected chi connectivity index (χ4v) is 2.32. The van der Waals surface area contributed by atoms with Crippen LogP contribution in [0.25, 0.3) is 0 Å². The standard InChI is InChI=1S/C18H29FN4O.HI/c1-4-20-18(22-14-12-17(24)23(5-2)6-3)21-13-11-15-7-9-16(19)10-8-15;/h7-10H,4-6,11-14H2,1-3H3,(H2,20,21,22);1H. The van der Waals surface area contributed by atoms with Gasteiger partial charge in [0.2, 0.25) is 5.91 Å². The number of benzene rings is 1. The molecule has 0 aliphatic rings. The Kier molecular flexibility index (Phi) is 13.1. The van der Waals surface area contributed by atoms with Gasteiger partial charge in [0.25, 0.3) is 0 Å². The van der Waals surface area contributed by atoms with Crippen molar-refractivity contribution in [3.63, 3.8) is 0 Å². The minimum atomic E-state index is -0.223. The van der Waals surface area contributed by atoms with E-state index in [4.69, 9.17) is 0 Å². The van der Waals surface area contributed by atoms with Gasteiger partial charge in [0, 0.05) is 32.6 Å².